The van der Waals surface area contributed by atoms with Crippen molar-refractivity contribution < 1.29 is 13.6 Å². The third-order valence-corrected chi connectivity index (χ3v) is 3.23. The average Bonchev–Trinajstić information content (AvgIpc) is 2.42. The first-order valence-corrected chi connectivity index (χ1v) is 6.54. The number of amides is 1. The maximum atomic E-state index is 13.5. The molecule has 104 valence electrons. The minimum Gasteiger partial charge on any atom is -0.396 e. The SMILES string of the molecule is Nc1cc(C(=O)NCc2ccc(Br)cc2)c(F)cc1F. The normalized spacial score (nSPS) is 10.3. The Labute approximate surface area is 122 Å². The van der Waals surface area contributed by atoms with E-state index in [9.17, 15) is 13.6 Å². The Morgan fingerprint density at radius 3 is 2.45 bits per heavy atom. The van der Waals surface area contributed by atoms with Crippen molar-refractivity contribution in [3.63, 3.8) is 0 Å². The summed E-state index contributed by atoms with van der Waals surface area (Å²) in [6.07, 6.45) is 0. The molecule has 1 amide bonds. The molecule has 0 bridgehead atoms. The Bertz CT molecular complexity index is 644. The molecule has 3 nitrogen and oxygen atoms in total. The van der Waals surface area contributed by atoms with E-state index in [1.54, 1.807) is 0 Å². The smallest absolute Gasteiger partial charge is 0.254 e. The van der Waals surface area contributed by atoms with E-state index in [-0.39, 0.29) is 17.8 Å². The lowest BCUT2D eigenvalue weighted by Gasteiger charge is -2.07. The van der Waals surface area contributed by atoms with E-state index in [4.69, 9.17) is 5.73 Å². The van der Waals surface area contributed by atoms with Gasteiger partial charge in [-0.2, -0.15) is 0 Å². The molecule has 0 saturated carbocycles. The molecular weight excluding hydrogens is 330 g/mol. The van der Waals surface area contributed by atoms with Gasteiger partial charge < -0.3 is 11.1 Å². The summed E-state index contributed by atoms with van der Waals surface area (Å²) in [6, 6.07) is 8.89. The van der Waals surface area contributed by atoms with Gasteiger partial charge in [0.15, 0.2) is 0 Å². The summed E-state index contributed by atoms with van der Waals surface area (Å²) in [6.45, 7) is 0.239. The molecule has 2 aromatic rings. The molecule has 0 heterocycles. The Morgan fingerprint density at radius 1 is 1.15 bits per heavy atom. The van der Waals surface area contributed by atoms with Gasteiger partial charge in [0.05, 0.1) is 11.3 Å². The molecule has 0 spiro atoms. The van der Waals surface area contributed by atoms with Crippen molar-refractivity contribution in [1.82, 2.24) is 5.32 Å². The minimum absolute atomic E-state index is 0.239. The Hall–Kier alpha value is -1.95. The van der Waals surface area contributed by atoms with Crippen molar-refractivity contribution in [3.8, 4) is 0 Å². The van der Waals surface area contributed by atoms with Crippen molar-refractivity contribution in [3.05, 3.63) is 63.6 Å². The molecule has 20 heavy (non-hydrogen) atoms. The van der Waals surface area contributed by atoms with E-state index >= 15 is 0 Å². The number of nitrogens with one attached hydrogen (secondary N) is 1. The van der Waals surface area contributed by atoms with Gasteiger partial charge in [0.2, 0.25) is 0 Å². The van der Waals surface area contributed by atoms with E-state index in [2.05, 4.69) is 21.2 Å². The monoisotopic (exact) mass is 340 g/mol. The van der Waals surface area contributed by atoms with Gasteiger partial charge in [-0.15, -0.1) is 0 Å². The molecule has 2 aromatic carbocycles. The second kappa shape index (κ2) is 6.00. The van der Waals surface area contributed by atoms with Crippen LogP contribution in [0.25, 0.3) is 0 Å². The number of benzene rings is 2. The van der Waals surface area contributed by atoms with Crippen LogP contribution in [0.3, 0.4) is 0 Å². The van der Waals surface area contributed by atoms with Crippen LogP contribution < -0.4 is 11.1 Å². The van der Waals surface area contributed by atoms with Crippen molar-refractivity contribution in [2.45, 2.75) is 6.54 Å². The number of carbonyl (C=O) groups is 1. The molecule has 0 saturated heterocycles. The maximum absolute atomic E-state index is 13.5. The number of hydrogen-bond acceptors (Lipinski definition) is 2. The van der Waals surface area contributed by atoms with Crippen LogP contribution in [0.15, 0.2) is 40.9 Å². The fourth-order valence-corrected chi connectivity index (χ4v) is 1.88. The lowest BCUT2D eigenvalue weighted by atomic mass is 10.1. The zero-order valence-electron chi connectivity index (χ0n) is 10.3. The lowest BCUT2D eigenvalue weighted by Crippen LogP contribution is -2.24. The molecule has 0 aliphatic carbocycles. The van der Waals surface area contributed by atoms with Gasteiger partial charge in [-0.3, -0.25) is 4.79 Å². The molecule has 0 radical (unpaired) electrons. The first kappa shape index (κ1) is 14.5. The fourth-order valence-electron chi connectivity index (χ4n) is 1.62. The average molecular weight is 341 g/mol. The summed E-state index contributed by atoms with van der Waals surface area (Å²) < 4.78 is 27.4. The van der Waals surface area contributed by atoms with Crippen molar-refractivity contribution in [2.75, 3.05) is 5.73 Å². The number of nitrogens with two attached hydrogens (primary N) is 1. The van der Waals surface area contributed by atoms with Crippen LogP contribution >= 0.6 is 15.9 Å². The van der Waals surface area contributed by atoms with Gasteiger partial charge >= 0.3 is 0 Å². The summed E-state index contributed by atoms with van der Waals surface area (Å²) in [4.78, 5) is 11.8. The molecule has 0 aliphatic heterocycles. The predicted octanol–water partition coefficient (Wildman–Crippen LogP) is 3.24. The summed E-state index contributed by atoms with van der Waals surface area (Å²) in [7, 11) is 0. The Balaban J connectivity index is 2.09. The lowest BCUT2D eigenvalue weighted by molar-refractivity contribution is 0.0947. The van der Waals surface area contributed by atoms with E-state index in [0.29, 0.717) is 6.07 Å². The van der Waals surface area contributed by atoms with Crippen LogP contribution in [0, 0.1) is 11.6 Å². The molecule has 0 aliphatic rings. The number of hydrogen-bond donors (Lipinski definition) is 2. The quantitative estimate of drug-likeness (QED) is 0.842. The number of halogens is 3. The van der Waals surface area contributed by atoms with Gasteiger partial charge in [0.1, 0.15) is 11.6 Å². The Morgan fingerprint density at radius 2 is 1.80 bits per heavy atom. The van der Waals surface area contributed by atoms with Crippen LogP contribution in [0.4, 0.5) is 14.5 Å². The molecule has 6 heteroatoms. The summed E-state index contributed by atoms with van der Waals surface area (Å²) >= 11 is 3.30. The predicted molar refractivity (Wildman–Crippen MR) is 76.1 cm³/mol. The van der Waals surface area contributed by atoms with E-state index in [0.717, 1.165) is 16.1 Å². The number of rotatable bonds is 3. The highest BCUT2D eigenvalue weighted by Crippen LogP contribution is 2.17. The molecule has 3 N–H and O–H groups in total. The highest BCUT2D eigenvalue weighted by atomic mass is 79.9. The standard InChI is InChI=1S/C14H11BrF2N2O/c15-9-3-1-8(2-4-9)7-19-14(20)10-5-13(18)12(17)6-11(10)16/h1-6H,7,18H2,(H,19,20). The van der Waals surface area contributed by atoms with Gasteiger partial charge in [0.25, 0.3) is 5.91 Å². The molecule has 0 atom stereocenters. The largest absolute Gasteiger partial charge is 0.396 e. The van der Waals surface area contributed by atoms with Crippen LogP contribution in [0.2, 0.25) is 0 Å². The van der Waals surface area contributed by atoms with Crippen molar-refractivity contribution >= 4 is 27.5 Å². The maximum Gasteiger partial charge on any atom is 0.254 e. The number of anilines is 1. The molecular formula is C14H11BrF2N2O. The van der Waals surface area contributed by atoms with Crippen LogP contribution in [-0.2, 0) is 6.54 Å². The fraction of sp³-hybridized carbons (Fsp3) is 0.0714. The second-order valence-electron chi connectivity index (χ2n) is 4.16. The molecule has 0 fully saturated rings. The van der Waals surface area contributed by atoms with E-state index < -0.39 is 17.5 Å². The van der Waals surface area contributed by atoms with Crippen molar-refractivity contribution in [1.29, 1.82) is 0 Å². The summed E-state index contributed by atoms with van der Waals surface area (Å²) in [5, 5.41) is 2.55. The summed E-state index contributed by atoms with van der Waals surface area (Å²) in [5.74, 6) is -2.46. The van der Waals surface area contributed by atoms with Gasteiger partial charge in [0, 0.05) is 17.1 Å². The van der Waals surface area contributed by atoms with Gasteiger partial charge in [-0.25, -0.2) is 8.78 Å². The number of carbonyl (C=O) groups excluding carboxylic acids is 1. The highest BCUT2D eigenvalue weighted by Gasteiger charge is 2.14. The zero-order chi connectivity index (χ0) is 14.7. The Kier molecular flexibility index (Phi) is 4.34. The zero-order valence-corrected chi connectivity index (χ0v) is 11.9. The van der Waals surface area contributed by atoms with Crippen molar-refractivity contribution in [2.24, 2.45) is 0 Å². The van der Waals surface area contributed by atoms with Gasteiger partial charge in [-0.05, 0) is 23.8 Å². The first-order chi connectivity index (χ1) is 9.47. The van der Waals surface area contributed by atoms with E-state index in [1.165, 1.54) is 0 Å². The minimum atomic E-state index is -0.940. The van der Waals surface area contributed by atoms with Crippen LogP contribution in [0.1, 0.15) is 15.9 Å². The van der Waals surface area contributed by atoms with E-state index in [1.807, 2.05) is 24.3 Å². The van der Waals surface area contributed by atoms with Crippen LogP contribution in [0.5, 0.6) is 0 Å². The topological polar surface area (TPSA) is 55.1 Å². The second-order valence-corrected chi connectivity index (χ2v) is 5.08. The summed E-state index contributed by atoms with van der Waals surface area (Å²) in [5.41, 5.74) is 5.64. The molecule has 0 unspecified atom stereocenters. The third-order valence-electron chi connectivity index (χ3n) is 2.70. The highest BCUT2D eigenvalue weighted by molar-refractivity contribution is 9.10. The first-order valence-electron chi connectivity index (χ1n) is 5.74. The number of nitrogen functional groups attached to an aromatic ring is 1. The van der Waals surface area contributed by atoms with Crippen LogP contribution in [-0.4, -0.2) is 5.91 Å². The third kappa shape index (κ3) is 3.33. The molecule has 0 aromatic heterocycles. The van der Waals surface area contributed by atoms with Gasteiger partial charge in [-0.1, -0.05) is 28.1 Å². The molecule has 2 rings (SSSR count).